The Balaban J connectivity index is 1.84. The van der Waals surface area contributed by atoms with E-state index < -0.39 is 0 Å². The van der Waals surface area contributed by atoms with Gasteiger partial charge in [0, 0.05) is 12.3 Å². The number of ketones is 1. The van der Waals surface area contributed by atoms with Crippen LogP contribution in [0, 0.1) is 17.8 Å². The molecule has 1 aromatic rings. The van der Waals surface area contributed by atoms with Crippen LogP contribution >= 0.6 is 0 Å². The molecule has 2 heteroatoms. The fraction of sp³-hybridized carbons (Fsp3) is 0.611. The molecule has 0 N–H and O–H groups in total. The van der Waals surface area contributed by atoms with Crippen molar-refractivity contribution in [1.29, 1.82) is 0 Å². The summed E-state index contributed by atoms with van der Waals surface area (Å²) in [6, 6.07) is 8.41. The number of Topliss-reactive ketones (excluding diaryl/α,β-unsaturated/α-hetero) is 1. The molecule has 1 aromatic carbocycles. The van der Waals surface area contributed by atoms with Gasteiger partial charge in [0.1, 0.15) is 11.5 Å². The highest BCUT2D eigenvalue weighted by Gasteiger charge is 2.48. The van der Waals surface area contributed by atoms with Gasteiger partial charge in [-0.05, 0) is 54.2 Å². The van der Waals surface area contributed by atoms with Gasteiger partial charge in [0.25, 0.3) is 0 Å². The summed E-state index contributed by atoms with van der Waals surface area (Å²) in [7, 11) is 1.70. The second-order valence-electron chi connectivity index (χ2n) is 7.08. The topological polar surface area (TPSA) is 26.3 Å². The van der Waals surface area contributed by atoms with E-state index >= 15 is 0 Å². The van der Waals surface area contributed by atoms with Crippen molar-refractivity contribution in [3.05, 3.63) is 29.8 Å². The molecule has 0 saturated heterocycles. The van der Waals surface area contributed by atoms with Gasteiger partial charge in [-0.1, -0.05) is 26.0 Å². The fourth-order valence-electron chi connectivity index (χ4n) is 4.40. The van der Waals surface area contributed by atoms with Crippen molar-refractivity contribution in [2.45, 2.75) is 44.9 Å². The fourth-order valence-corrected chi connectivity index (χ4v) is 4.40. The van der Waals surface area contributed by atoms with Crippen molar-refractivity contribution in [3.63, 3.8) is 0 Å². The highest BCUT2D eigenvalue weighted by molar-refractivity contribution is 5.83. The third kappa shape index (κ3) is 2.25. The Kier molecular flexibility index (Phi) is 3.35. The van der Waals surface area contributed by atoms with Crippen molar-refractivity contribution in [1.82, 2.24) is 0 Å². The lowest BCUT2D eigenvalue weighted by Gasteiger charge is -2.28. The number of carbonyl (C=O) groups excluding carboxylic acids is 1. The van der Waals surface area contributed by atoms with Gasteiger partial charge in [0.05, 0.1) is 7.11 Å². The first-order valence-corrected chi connectivity index (χ1v) is 7.69. The van der Waals surface area contributed by atoms with Crippen molar-refractivity contribution in [2.24, 2.45) is 17.8 Å². The maximum Gasteiger partial charge on any atom is 0.136 e. The molecule has 2 aliphatic carbocycles. The Bertz CT molecular complexity index is 505. The predicted molar refractivity (Wildman–Crippen MR) is 80.0 cm³/mol. The third-order valence-corrected chi connectivity index (χ3v) is 5.41. The van der Waals surface area contributed by atoms with Gasteiger partial charge < -0.3 is 4.74 Å². The van der Waals surface area contributed by atoms with Crippen molar-refractivity contribution in [2.75, 3.05) is 7.11 Å². The summed E-state index contributed by atoms with van der Waals surface area (Å²) >= 11 is 0. The molecular weight excluding hydrogens is 248 g/mol. The van der Waals surface area contributed by atoms with E-state index in [4.69, 9.17) is 4.74 Å². The van der Waals surface area contributed by atoms with E-state index in [1.54, 1.807) is 7.11 Å². The quantitative estimate of drug-likeness (QED) is 0.814. The van der Waals surface area contributed by atoms with Crippen LogP contribution < -0.4 is 4.74 Å². The lowest BCUT2D eigenvalue weighted by Crippen LogP contribution is -2.28. The number of rotatable bonds is 2. The monoisotopic (exact) mass is 272 g/mol. The molecule has 2 aliphatic rings. The van der Waals surface area contributed by atoms with E-state index in [0.29, 0.717) is 23.5 Å². The minimum absolute atomic E-state index is 0.154. The molecule has 0 unspecified atom stereocenters. The Labute approximate surface area is 121 Å². The summed E-state index contributed by atoms with van der Waals surface area (Å²) < 4.78 is 5.24. The largest absolute Gasteiger partial charge is 0.497 e. The SMILES string of the molecule is COc1ccc([C@]2(C)C[C@@H]3C[C@@H](C)CC(=O)[C@H]3C2)cc1. The average molecular weight is 272 g/mol. The second kappa shape index (κ2) is 4.91. The normalized spacial score (nSPS) is 36.8. The Morgan fingerprint density at radius 2 is 1.90 bits per heavy atom. The number of methoxy groups -OCH3 is 1. The van der Waals surface area contributed by atoms with Gasteiger partial charge in [-0.3, -0.25) is 4.79 Å². The Morgan fingerprint density at radius 1 is 1.20 bits per heavy atom. The molecule has 0 aromatic heterocycles. The van der Waals surface area contributed by atoms with E-state index in [-0.39, 0.29) is 5.41 Å². The van der Waals surface area contributed by atoms with Crippen LogP contribution in [0.2, 0.25) is 0 Å². The zero-order chi connectivity index (χ0) is 14.3. The highest BCUT2D eigenvalue weighted by atomic mass is 16.5. The molecule has 20 heavy (non-hydrogen) atoms. The molecule has 0 aliphatic heterocycles. The number of carbonyl (C=O) groups is 1. The molecule has 2 nitrogen and oxygen atoms in total. The Morgan fingerprint density at radius 3 is 2.55 bits per heavy atom. The molecule has 0 radical (unpaired) electrons. The molecule has 108 valence electrons. The summed E-state index contributed by atoms with van der Waals surface area (Å²) in [5, 5.41) is 0. The van der Waals surface area contributed by atoms with Gasteiger partial charge in [-0.15, -0.1) is 0 Å². The zero-order valence-corrected chi connectivity index (χ0v) is 12.7. The average Bonchev–Trinajstić information content (AvgIpc) is 2.77. The molecule has 0 amide bonds. The van der Waals surface area contributed by atoms with Gasteiger partial charge in [-0.2, -0.15) is 0 Å². The van der Waals surface area contributed by atoms with Crippen molar-refractivity contribution >= 4 is 5.78 Å². The molecular formula is C18H24O2. The number of ether oxygens (including phenoxy) is 1. The first-order chi connectivity index (χ1) is 9.51. The standard InChI is InChI=1S/C18H24O2/c1-12-8-13-10-18(2,11-16(13)17(19)9-12)14-4-6-15(20-3)7-5-14/h4-7,12-13,16H,8-11H2,1-3H3/t12-,13+,16+,18-/m1/s1. The van der Waals surface area contributed by atoms with Crippen LogP contribution in [-0.2, 0) is 10.2 Å². The van der Waals surface area contributed by atoms with Crippen LogP contribution in [0.3, 0.4) is 0 Å². The van der Waals surface area contributed by atoms with Crippen LogP contribution in [0.1, 0.15) is 45.1 Å². The van der Waals surface area contributed by atoms with E-state index in [0.717, 1.165) is 25.0 Å². The molecule has 4 atom stereocenters. The van der Waals surface area contributed by atoms with Gasteiger partial charge in [0.15, 0.2) is 0 Å². The van der Waals surface area contributed by atoms with Gasteiger partial charge in [-0.25, -0.2) is 0 Å². The molecule has 0 spiro atoms. The summed E-state index contributed by atoms with van der Waals surface area (Å²) in [5.74, 6) is 2.88. The summed E-state index contributed by atoms with van der Waals surface area (Å²) in [6.07, 6.45) is 4.19. The van der Waals surface area contributed by atoms with E-state index in [1.165, 1.54) is 12.0 Å². The lowest BCUT2D eigenvalue weighted by molar-refractivity contribution is -0.127. The molecule has 3 rings (SSSR count). The molecule has 2 fully saturated rings. The molecule has 2 saturated carbocycles. The molecule has 0 heterocycles. The van der Waals surface area contributed by atoms with Crippen molar-refractivity contribution in [3.8, 4) is 5.75 Å². The second-order valence-corrected chi connectivity index (χ2v) is 7.08. The van der Waals surface area contributed by atoms with Crippen LogP contribution in [-0.4, -0.2) is 12.9 Å². The summed E-state index contributed by atoms with van der Waals surface area (Å²) in [6.45, 7) is 4.54. The number of hydrogen-bond acceptors (Lipinski definition) is 2. The first kappa shape index (κ1) is 13.7. The third-order valence-electron chi connectivity index (χ3n) is 5.41. The lowest BCUT2D eigenvalue weighted by atomic mass is 9.76. The Hall–Kier alpha value is -1.31. The molecule has 0 bridgehead atoms. The van der Waals surface area contributed by atoms with Crippen LogP contribution in [0.15, 0.2) is 24.3 Å². The minimum Gasteiger partial charge on any atom is -0.497 e. The maximum absolute atomic E-state index is 12.3. The predicted octanol–water partition coefficient (Wildman–Crippen LogP) is 3.98. The first-order valence-electron chi connectivity index (χ1n) is 7.69. The summed E-state index contributed by atoms with van der Waals surface area (Å²) in [5.41, 5.74) is 1.51. The van der Waals surface area contributed by atoms with E-state index in [2.05, 4.69) is 26.0 Å². The smallest absolute Gasteiger partial charge is 0.136 e. The van der Waals surface area contributed by atoms with Gasteiger partial charge >= 0.3 is 0 Å². The van der Waals surface area contributed by atoms with Gasteiger partial charge in [0.2, 0.25) is 0 Å². The van der Waals surface area contributed by atoms with Crippen LogP contribution in [0.25, 0.3) is 0 Å². The van der Waals surface area contributed by atoms with Crippen LogP contribution in [0.5, 0.6) is 5.75 Å². The highest BCUT2D eigenvalue weighted by Crippen LogP contribution is 2.52. The van der Waals surface area contributed by atoms with Crippen molar-refractivity contribution < 1.29 is 9.53 Å². The number of benzene rings is 1. The summed E-state index contributed by atoms with van der Waals surface area (Å²) in [4.78, 5) is 12.3. The van der Waals surface area contributed by atoms with Crippen LogP contribution in [0.4, 0.5) is 0 Å². The zero-order valence-electron chi connectivity index (χ0n) is 12.7. The van der Waals surface area contributed by atoms with E-state index in [9.17, 15) is 4.79 Å². The minimum atomic E-state index is 0.154. The number of fused-ring (bicyclic) bond motifs is 1. The maximum atomic E-state index is 12.3. The number of hydrogen-bond donors (Lipinski definition) is 0. The van der Waals surface area contributed by atoms with E-state index in [1.807, 2.05) is 12.1 Å².